The lowest BCUT2D eigenvalue weighted by Gasteiger charge is -2.09. The summed E-state index contributed by atoms with van der Waals surface area (Å²) in [4.78, 5) is 4.66. The maximum Gasteiger partial charge on any atom is 0.203 e. The summed E-state index contributed by atoms with van der Waals surface area (Å²) in [6.07, 6.45) is 1.66. The van der Waals surface area contributed by atoms with Crippen molar-refractivity contribution in [1.82, 2.24) is 4.98 Å². The van der Waals surface area contributed by atoms with E-state index >= 15 is 0 Å². The molecular weight excluding hydrogens is 394 g/mol. The predicted octanol–water partition coefficient (Wildman–Crippen LogP) is 5.85. The normalized spacial score (nSPS) is 11.1. The molecule has 1 aromatic heterocycles. The highest BCUT2D eigenvalue weighted by Crippen LogP contribution is 2.35. The van der Waals surface area contributed by atoms with Gasteiger partial charge in [-0.3, -0.25) is 5.43 Å². The molecule has 5 nitrogen and oxygen atoms in total. The number of ether oxygens (including phenoxy) is 2. The SMILES string of the molecule is COc1cc(/C=N\Nc2nc(-c3c(C)cc(C)cc3C)cs2)cc(Cl)c1OC. The molecule has 0 aliphatic carbocycles. The number of aromatic nitrogens is 1. The van der Waals surface area contributed by atoms with Crippen molar-refractivity contribution in [2.24, 2.45) is 5.10 Å². The van der Waals surface area contributed by atoms with Gasteiger partial charge in [0.15, 0.2) is 11.5 Å². The summed E-state index contributed by atoms with van der Waals surface area (Å²) < 4.78 is 10.5. The van der Waals surface area contributed by atoms with Crippen LogP contribution in [-0.2, 0) is 0 Å². The molecule has 28 heavy (non-hydrogen) atoms. The van der Waals surface area contributed by atoms with Crippen LogP contribution in [0.2, 0.25) is 5.02 Å². The van der Waals surface area contributed by atoms with Gasteiger partial charge in [-0.25, -0.2) is 4.98 Å². The van der Waals surface area contributed by atoms with Gasteiger partial charge in [0.25, 0.3) is 0 Å². The highest BCUT2D eigenvalue weighted by Gasteiger charge is 2.11. The summed E-state index contributed by atoms with van der Waals surface area (Å²) >= 11 is 7.74. The third-order valence-electron chi connectivity index (χ3n) is 4.27. The fourth-order valence-corrected chi connectivity index (χ4v) is 4.14. The fourth-order valence-electron chi connectivity index (χ4n) is 3.20. The number of methoxy groups -OCH3 is 2. The Morgan fingerprint density at radius 3 is 2.43 bits per heavy atom. The van der Waals surface area contributed by atoms with E-state index in [0.29, 0.717) is 16.5 Å². The van der Waals surface area contributed by atoms with E-state index in [9.17, 15) is 0 Å². The molecule has 0 atom stereocenters. The van der Waals surface area contributed by atoms with Crippen LogP contribution in [0.25, 0.3) is 11.3 Å². The first-order valence-corrected chi connectivity index (χ1v) is 9.93. The number of rotatable bonds is 6. The van der Waals surface area contributed by atoms with Crippen molar-refractivity contribution in [3.63, 3.8) is 0 Å². The van der Waals surface area contributed by atoms with E-state index in [4.69, 9.17) is 21.1 Å². The number of aryl methyl sites for hydroxylation is 3. The van der Waals surface area contributed by atoms with Crippen LogP contribution in [0, 0.1) is 20.8 Å². The number of thiazole rings is 1. The first kappa shape index (κ1) is 20.2. The number of nitrogens with one attached hydrogen (secondary N) is 1. The van der Waals surface area contributed by atoms with E-state index in [1.54, 1.807) is 26.5 Å². The molecular formula is C21H22ClN3O2S. The number of benzene rings is 2. The number of halogens is 1. The van der Waals surface area contributed by atoms with Gasteiger partial charge in [0.1, 0.15) is 0 Å². The molecule has 1 heterocycles. The summed E-state index contributed by atoms with van der Waals surface area (Å²) in [5, 5.41) is 7.49. The zero-order valence-electron chi connectivity index (χ0n) is 16.5. The van der Waals surface area contributed by atoms with E-state index in [-0.39, 0.29) is 0 Å². The Bertz CT molecular complexity index is 1010. The van der Waals surface area contributed by atoms with Crippen molar-refractivity contribution in [1.29, 1.82) is 0 Å². The predicted molar refractivity (Wildman–Crippen MR) is 118 cm³/mol. The molecule has 146 valence electrons. The van der Waals surface area contributed by atoms with E-state index in [0.717, 1.165) is 16.4 Å². The molecule has 0 amide bonds. The minimum atomic E-state index is 0.463. The van der Waals surface area contributed by atoms with Gasteiger partial charge in [0, 0.05) is 10.9 Å². The van der Waals surface area contributed by atoms with Crippen molar-refractivity contribution in [2.75, 3.05) is 19.6 Å². The average molecular weight is 416 g/mol. The molecule has 0 saturated heterocycles. The third-order valence-corrected chi connectivity index (χ3v) is 5.29. The maximum atomic E-state index is 6.22. The van der Waals surface area contributed by atoms with Gasteiger partial charge in [-0.2, -0.15) is 5.10 Å². The van der Waals surface area contributed by atoms with Gasteiger partial charge in [0.05, 0.1) is 31.2 Å². The molecule has 0 saturated carbocycles. The van der Waals surface area contributed by atoms with E-state index < -0.39 is 0 Å². The van der Waals surface area contributed by atoms with Gasteiger partial charge in [-0.15, -0.1) is 11.3 Å². The Hall–Kier alpha value is -2.57. The van der Waals surface area contributed by atoms with Gasteiger partial charge < -0.3 is 9.47 Å². The highest BCUT2D eigenvalue weighted by atomic mass is 35.5. The second-order valence-electron chi connectivity index (χ2n) is 6.42. The molecule has 0 bridgehead atoms. The number of anilines is 1. The van der Waals surface area contributed by atoms with Crippen molar-refractivity contribution in [2.45, 2.75) is 20.8 Å². The van der Waals surface area contributed by atoms with Gasteiger partial charge in [0.2, 0.25) is 5.13 Å². The minimum absolute atomic E-state index is 0.463. The minimum Gasteiger partial charge on any atom is -0.493 e. The summed E-state index contributed by atoms with van der Waals surface area (Å²) in [7, 11) is 3.12. The van der Waals surface area contributed by atoms with Crippen LogP contribution < -0.4 is 14.9 Å². The van der Waals surface area contributed by atoms with Crippen LogP contribution in [0.1, 0.15) is 22.3 Å². The molecule has 0 spiro atoms. The van der Waals surface area contributed by atoms with Gasteiger partial charge in [-0.05, 0) is 49.6 Å². The van der Waals surface area contributed by atoms with E-state index in [1.165, 1.54) is 33.6 Å². The van der Waals surface area contributed by atoms with Crippen molar-refractivity contribution >= 4 is 34.3 Å². The monoisotopic (exact) mass is 415 g/mol. The third kappa shape index (κ3) is 4.29. The van der Waals surface area contributed by atoms with E-state index in [1.807, 2.05) is 11.4 Å². The highest BCUT2D eigenvalue weighted by molar-refractivity contribution is 7.14. The molecule has 2 aromatic carbocycles. The molecule has 0 aliphatic heterocycles. The molecule has 3 rings (SSSR count). The van der Waals surface area contributed by atoms with E-state index in [2.05, 4.69) is 48.4 Å². The molecule has 0 aliphatic rings. The van der Waals surface area contributed by atoms with Crippen molar-refractivity contribution < 1.29 is 9.47 Å². The fraction of sp³-hybridized carbons (Fsp3) is 0.238. The quantitative estimate of drug-likeness (QED) is 0.405. The summed E-state index contributed by atoms with van der Waals surface area (Å²) in [5.41, 5.74) is 9.59. The van der Waals surface area contributed by atoms with Crippen LogP contribution in [-0.4, -0.2) is 25.4 Å². The summed E-state index contributed by atoms with van der Waals surface area (Å²) in [6, 6.07) is 7.92. The lowest BCUT2D eigenvalue weighted by Crippen LogP contribution is -1.95. The Morgan fingerprint density at radius 1 is 1.07 bits per heavy atom. The van der Waals surface area contributed by atoms with Crippen molar-refractivity contribution in [3.05, 3.63) is 56.9 Å². The lowest BCUT2D eigenvalue weighted by molar-refractivity contribution is 0.355. The second-order valence-corrected chi connectivity index (χ2v) is 7.69. The second kappa shape index (κ2) is 8.63. The Labute approximate surface area is 174 Å². The maximum absolute atomic E-state index is 6.22. The summed E-state index contributed by atoms with van der Waals surface area (Å²) in [5.74, 6) is 1.06. The topological polar surface area (TPSA) is 55.7 Å². The average Bonchev–Trinajstić information content (AvgIpc) is 3.08. The van der Waals surface area contributed by atoms with Gasteiger partial charge in [-0.1, -0.05) is 29.3 Å². The molecule has 3 aromatic rings. The zero-order valence-corrected chi connectivity index (χ0v) is 18.0. The Morgan fingerprint density at radius 2 is 1.79 bits per heavy atom. The standard InChI is InChI=1S/C21H22ClN3O2S/c1-12-6-13(2)19(14(3)7-12)17-11-28-21(24-17)25-23-10-15-8-16(22)20(27-5)18(9-15)26-4/h6-11H,1-5H3,(H,24,25)/b23-10-. The Kier molecular flexibility index (Phi) is 6.21. The van der Waals surface area contributed by atoms with Crippen LogP contribution in [0.3, 0.4) is 0 Å². The number of hydrazone groups is 1. The number of nitrogens with zero attached hydrogens (tertiary/aromatic N) is 2. The number of hydrogen-bond donors (Lipinski definition) is 1. The van der Waals surface area contributed by atoms with Crippen molar-refractivity contribution in [3.8, 4) is 22.8 Å². The zero-order chi connectivity index (χ0) is 20.3. The molecule has 0 fully saturated rings. The van der Waals surface area contributed by atoms with Gasteiger partial charge >= 0.3 is 0 Å². The molecule has 0 unspecified atom stereocenters. The number of hydrogen-bond acceptors (Lipinski definition) is 6. The largest absolute Gasteiger partial charge is 0.493 e. The Balaban J connectivity index is 1.78. The lowest BCUT2D eigenvalue weighted by atomic mass is 9.98. The van der Waals surface area contributed by atoms with Crippen LogP contribution >= 0.6 is 22.9 Å². The summed E-state index contributed by atoms with van der Waals surface area (Å²) in [6.45, 7) is 6.33. The van der Waals surface area contributed by atoms with Crippen LogP contribution in [0.4, 0.5) is 5.13 Å². The molecule has 1 N–H and O–H groups in total. The first-order chi connectivity index (χ1) is 13.4. The van der Waals surface area contributed by atoms with Crippen LogP contribution in [0.15, 0.2) is 34.7 Å². The molecule has 0 radical (unpaired) electrons. The molecule has 7 heteroatoms. The smallest absolute Gasteiger partial charge is 0.203 e. The van der Waals surface area contributed by atoms with Crippen LogP contribution in [0.5, 0.6) is 11.5 Å². The first-order valence-electron chi connectivity index (χ1n) is 8.67.